The highest BCUT2D eigenvalue weighted by Crippen LogP contribution is 2.44. The molecule has 0 aliphatic heterocycles. The van der Waals surface area contributed by atoms with E-state index in [1.807, 2.05) is 38.1 Å². The van der Waals surface area contributed by atoms with Crippen LogP contribution in [-0.4, -0.2) is 41.8 Å². The molecule has 2 aliphatic carbocycles. The molecule has 1 saturated carbocycles. The molecule has 0 bridgehead atoms. The number of amides is 2. The van der Waals surface area contributed by atoms with Crippen LogP contribution in [-0.2, 0) is 14.3 Å². The van der Waals surface area contributed by atoms with Gasteiger partial charge in [0.2, 0.25) is 5.91 Å². The third-order valence-corrected chi connectivity index (χ3v) is 7.54. The number of alkyl carbamates (subject to hydrolysis) is 1. The molecule has 2 atom stereocenters. The maximum absolute atomic E-state index is 13.1. The molecule has 2 amide bonds. The van der Waals surface area contributed by atoms with E-state index in [0.29, 0.717) is 32.1 Å². The van der Waals surface area contributed by atoms with Gasteiger partial charge in [0.1, 0.15) is 12.6 Å². The van der Waals surface area contributed by atoms with E-state index < -0.39 is 18.1 Å². The molecule has 0 aromatic heterocycles. The van der Waals surface area contributed by atoms with Gasteiger partial charge in [0, 0.05) is 12.0 Å². The predicted molar refractivity (Wildman–Crippen MR) is 133 cm³/mol. The third-order valence-electron chi connectivity index (χ3n) is 7.54. The summed E-state index contributed by atoms with van der Waals surface area (Å²) in [5.74, 6) is -1.48. The zero-order valence-corrected chi connectivity index (χ0v) is 20.3. The van der Waals surface area contributed by atoms with Gasteiger partial charge in [0.05, 0.1) is 5.92 Å². The van der Waals surface area contributed by atoms with E-state index in [4.69, 9.17) is 4.74 Å². The third kappa shape index (κ3) is 5.50. The van der Waals surface area contributed by atoms with Gasteiger partial charge in [-0.2, -0.15) is 0 Å². The summed E-state index contributed by atoms with van der Waals surface area (Å²) in [4.78, 5) is 37.0. The molecule has 7 nitrogen and oxygen atoms in total. The summed E-state index contributed by atoms with van der Waals surface area (Å²) in [6.45, 7) is 4.09. The summed E-state index contributed by atoms with van der Waals surface area (Å²) in [6.07, 6.45) is 2.46. The number of benzene rings is 2. The fourth-order valence-corrected chi connectivity index (χ4v) is 5.24. The molecule has 0 radical (unpaired) electrons. The van der Waals surface area contributed by atoms with Crippen LogP contribution >= 0.6 is 0 Å². The van der Waals surface area contributed by atoms with Crippen molar-refractivity contribution in [2.24, 2.45) is 11.8 Å². The molecule has 2 aromatic carbocycles. The van der Waals surface area contributed by atoms with Crippen molar-refractivity contribution >= 4 is 18.0 Å². The average molecular weight is 479 g/mol. The molecular formula is C28H34N2O5. The van der Waals surface area contributed by atoms with Gasteiger partial charge in [-0.25, -0.2) is 4.79 Å². The normalized spacial score (nSPS) is 20.7. The molecule has 1 fully saturated rings. The number of fused-ring (bicyclic) bond motifs is 3. The summed E-state index contributed by atoms with van der Waals surface area (Å²) in [6, 6.07) is 15.5. The van der Waals surface area contributed by atoms with E-state index in [1.54, 1.807) is 0 Å². The lowest BCUT2D eigenvalue weighted by atomic mass is 9.86. The van der Waals surface area contributed by atoms with Crippen molar-refractivity contribution in [1.82, 2.24) is 10.6 Å². The van der Waals surface area contributed by atoms with Crippen molar-refractivity contribution in [2.75, 3.05) is 6.61 Å². The molecule has 0 heterocycles. The van der Waals surface area contributed by atoms with Gasteiger partial charge in [0.15, 0.2) is 0 Å². The van der Waals surface area contributed by atoms with Crippen molar-refractivity contribution in [2.45, 2.75) is 64.0 Å². The molecule has 7 heteroatoms. The van der Waals surface area contributed by atoms with Crippen LogP contribution in [0, 0.1) is 11.8 Å². The minimum Gasteiger partial charge on any atom is -0.481 e. The fraction of sp³-hybridized carbons (Fsp3) is 0.464. The molecule has 4 rings (SSSR count). The minimum absolute atomic E-state index is 0.0477. The highest BCUT2D eigenvalue weighted by Gasteiger charge is 2.33. The van der Waals surface area contributed by atoms with Crippen LogP contribution in [0.5, 0.6) is 0 Å². The Morgan fingerprint density at radius 3 is 2.09 bits per heavy atom. The number of carboxylic acids is 1. The van der Waals surface area contributed by atoms with Gasteiger partial charge in [-0.1, -0.05) is 68.8 Å². The molecular weight excluding hydrogens is 444 g/mol. The molecule has 186 valence electrons. The van der Waals surface area contributed by atoms with Gasteiger partial charge >= 0.3 is 12.1 Å². The topological polar surface area (TPSA) is 105 Å². The number of rotatable bonds is 8. The largest absolute Gasteiger partial charge is 0.481 e. The van der Waals surface area contributed by atoms with E-state index in [1.165, 1.54) is 0 Å². The van der Waals surface area contributed by atoms with Gasteiger partial charge < -0.3 is 20.5 Å². The number of aliphatic carboxylic acids is 1. The second-order valence-electron chi connectivity index (χ2n) is 9.73. The van der Waals surface area contributed by atoms with Crippen molar-refractivity contribution in [3.05, 3.63) is 59.7 Å². The Labute approximate surface area is 206 Å². The Kier molecular flexibility index (Phi) is 7.73. The Hall–Kier alpha value is -3.35. The minimum atomic E-state index is -0.774. The van der Waals surface area contributed by atoms with Crippen molar-refractivity contribution in [3.8, 4) is 11.1 Å². The smallest absolute Gasteiger partial charge is 0.407 e. The Bertz CT molecular complexity index is 1030. The number of carbonyl (C=O) groups is 3. The summed E-state index contributed by atoms with van der Waals surface area (Å²) in [7, 11) is 0. The lowest BCUT2D eigenvalue weighted by Gasteiger charge is -2.30. The van der Waals surface area contributed by atoms with Crippen LogP contribution in [0.1, 0.15) is 63.0 Å². The molecule has 3 N–H and O–H groups in total. The summed E-state index contributed by atoms with van der Waals surface area (Å²) in [5.41, 5.74) is 4.59. The maximum atomic E-state index is 13.1. The highest BCUT2D eigenvalue weighted by atomic mass is 16.5. The predicted octanol–water partition coefficient (Wildman–Crippen LogP) is 4.70. The van der Waals surface area contributed by atoms with Gasteiger partial charge in [-0.15, -0.1) is 0 Å². The number of carbonyl (C=O) groups excluding carboxylic acids is 2. The van der Waals surface area contributed by atoms with Crippen LogP contribution in [0.2, 0.25) is 0 Å². The van der Waals surface area contributed by atoms with E-state index >= 15 is 0 Å². The zero-order chi connectivity index (χ0) is 24.9. The van der Waals surface area contributed by atoms with E-state index in [0.717, 1.165) is 22.3 Å². The molecule has 35 heavy (non-hydrogen) atoms. The first-order valence-corrected chi connectivity index (χ1v) is 12.5. The standard InChI is InChI=1S/C28H34N2O5/c1-3-17(2)25(26(31)29-19-14-12-18(13-15-19)27(32)33)30-28(34)35-16-24-22-10-6-4-8-20(22)21-9-5-7-11-23(21)24/h4-11,17-19,24-25H,3,12-16H2,1-2H3,(H,29,31)(H,30,34)(H,32,33). The summed E-state index contributed by atoms with van der Waals surface area (Å²) < 4.78 is 5.65. The monoisotopic (exact) mass is 478 g/mol. The van der Waals surface area contributed by atoms with Gasteiger partial charge in [-0.3, -0.25) is 9.59 Å². The SMILES string of the molecule is CCC(C)C(NC(=O)OCC1c2ccccc2-c2ccccc21)C(=O)NC1CCC(C(=O)O)CC1. The Morgan fingerprint density at radius 1 is 0.971 bits per heavy atom. The lowest BCUT2D eigenvalue weighted by molar-refractivity contribution is -0.142. The van der Waals surface area contributed by atoms with Crippen molar-refractivity contribution < 1.29 is 24.2 Å². The Balaban J connectivity index is 1.36. The quantitative estimate of drug-likeness (QED) is 0.510. The number of nitrogens with one attached hydrogen (secondary N) is 2. The van der Waals surface area contributed by atoms with Crippen LogP contribution < -0.4 is 10.6 Å². The second kappa shape index (κ2) is 10.9. The van der Waals surface area contributed by atoms with E-state index in [9.17, 15) is 19.5 Å². The van der Waals surface area contributed by atoms with Crippen LogP contribution in [0.3, 0.4) is 0 Å². The maximum Gasteiger partial charge on any atom is 0.407 e. The van der Waals surface area contributed by atoms with Crippen LogP contribution in [0.15, 0.2) is 48.5 Å². The van der Waals surface area contributed by atoms with Crippen LogP contribution in [0.25, 0.3) is 11.1 Å². The first-order valence-electron chi connectivity index (χ1n) is 12.5. The molecule has 2 aliphatic rings. The van der Waals surface area contributed by atoms with E-state index in [-0.39, 0.29) is 36.3 Å². The lowest BCUT2D eigenvalue weighted by Crippen LogP contribution is -2.53. The van der Waals surface area contributed by atoms with Gasteiger partial charge in [0.25, 0.3) is 0 Å². The van der Waals surface area contributed by atoms with Gasteiger partial charge in [-0.05, 0) is 53.9 Å². The number of hydrogen-bond acceptors (Lipinski definition) is 4. The first-order chi connectivity index (χ1) is 16.9. The summed E-state index contributed by atoms with van der Waals surface area (Å²) in [5, 5.41) is 15.0. The number of carboxylic acid groups (broad SMARTS) is 1. The zero-order valence-electron chi connectivity index (χ0n) is 20.3. The average Bonchev–Trinajstić information content (AvgIpc) is 3.19. The molecule has 0 saturated heterocycles. The van der Waals surface area contributed by atoms with Crippen molar-refractivity contribution in [3.63, 3.8) is 0 Å². The molecule has 2 unspecified atom stereocenters. The summed E-state index contributed by atoms with van der Waals surface area (Å²) >= 11 is 0. The first kappa shape index (κ1) is 24.8. The number of hydrogen-bond donors (Lipinski definition) is 3. The Morgan fingerprint density at radius 2 is 1.54 bits per heavy atom. The molecule has 0 spiro atoms. The highest BCUT2D eigenvalue weighted by molar-refractivity contribution is 5.86. The molecule has 2 aromatic rings. The number of ether oxygens (including phenoxy) is 1. The fourth-order valence-electron chi connectivity index (χ4n) is 5.24. The van der Waals surface area contributed by atoms with E-state index in [2.05, 4.69) is 34.9 Å². The second-order valence-corrected chi connectivity index (χ2v) is 9.73. The van der Waals surface area contributed by atoms with Crippen LogP contribution in [0.4, 0.5) is 4.79 Å². The van der Waals surface area contributed by atoms with Crippen molar-refractivity contribution in [1.29, 1.82) is 0 Å².